The average Bonchev–Trinajstić information content (AvgIpc) is 3.50. The fraction of sp³-hybridized carbons (Fsp3) is 0.619. The molecule has 4 nitrogen and oxygen atoms in total. The number of fused-ring (bicyclic) bond motifs is 1. The molecule has 0 spiro atoms. The number of alkyl halides is 3. The molecule has 3 heterocycles. The number of hydrogen-bond acceptors (Lipinski definition) is 4. The van der Waals surface area contributed by atoms with Gasteiger partial charge >= 0.3 is 6.18 Å². The Kier molecular flexibility index (Phi) is 6.89. The van der Waals surface area contributed by atoms with Crippen molar-refractivity contribution in [3.8, 4) is 0 Å². The van der Waals surface area contributed by atoms with Gasteiger partial charge in [-0.25, -0.2) is 9.97 Å². The Morgan fingerprint density at radius 1 is 1.03 bits per heavy atom. The summed E-state index contributed by atoms with van der Waals surface area (Å²) in [7, 11) is 0. The van der Waals surface area contributed by atoms with Gasteiger partial charge < -0.3 is 9.80 Å². The Bertz CT molecular complexity index is 817. The van der Waals surface area contributed by atoms with Crippen LogP contribution < -0.4 is 4.90 Å². The molecule has 1 aliphatic carbocycles. The van der Waals surface area contributed by atoms with Crippen LogP contribution in [0, 0.1) is 11.8 Å². The van der Waals surface area contributed by atoms with Crippen LogP contribution >= 0.6 is 12.4 Å². The highest BCUT2D eigenvalue weighted by Crippen LogP contribution is 2.33. The molecule has 0 bridgehead atoms. The molecule has 1 saturated carbocycles. The number of aromatic nitrogens is 2. The van der Waals surface area contributed by atoms with Crippen molar-refractivity contribution in [3.05, 3.63) is 30.1 Å². The third kappa shape index (κ3) is 5.31. The van der Waals surface area contributed by atoms with E-state index in [2.05, 4.69) is 26.7 Å². The fourth-order valence-corrected chi connectivity index (χ4v) is 4.14. The van der Waals surface area contributed by atoms with Crippen molar-refractivity contribution in [2.24, 2.45) is 11.8 Å². The van der Waals surface area contributed by atoms with Crippen LogP contribution in [0.25, 0.3) is 10.9 Å². The van der Waals surface area contributed by atoms with Crippen LogP contribution in [0.1, 0.15) is 38.3 Å². The quantitative estimate of drug-likeness (QED) is 0.646. The van der Waals surface area contributed by atoms with E-state index in [0.29, 0.717) is 16.8 Å². The summed E-state index contributed by atoms with van der Waals surface area (Å²) in [5, 5.41) is 0.692. The van der Waals surface area contributed by atoms with Crippen LogP contribution in [-0.4, -0.2) is 47.6 Å². The first-order valence-corrected chi connectivity index (χ1v) is 10.2. The van der Waals surface area contributed by atoms with E-state index < -0.39 is 11.9 Å². The molecule has 2 aromatic heterocycles. The van der Waals surface area contributed by atoms with Gasteiger partial charge in [-0.15, -0.1) is 12.4 Å². The summed E-state index contributed by atoms with van der Waals surface area (Å²) in [5.74, 6) is 2.34. The van der Waals surface area contributed by atoms with E-state index in [1.165, 1.54) is 25.5 Å². The molecule has 4 rings (SSSR count). The Morgan fingerprint density at radius 2 is 1.69 bits per heavy atom. The molecular formula is C21H28ClF3N4. The van der Waals surface area contributed by atoms with Crippen LogP contribution in [-0.2, 0) is 6.18 Å². The molecule has 0 atom stereocenters. The van der Waals surface area contributed by atoms with E-state index >= 15 is 0 Å². The average molecular weight is 429 g/mol. The van der Waals surface area contributed by atoms with Gasteiger partial charge in [0.15, 0.2) is 0 Å². The minimum atomic E-state index is -4.43. The molecule has 8 heteroatoms. The van der Waals surface area contributed by atoms with Gasteiger partial charge in [0.25, 0.3) is 0 Å². The molecule has 2 aromatic rings. The number of nitrogens with zero attached hydrogens (tertiary/aromatic N) is 4. The molecule has 0 N–H and O–H groups in total. The largest absolute Gasteiger partial charge is 0.433 e. The predicted octanol–water partition coefficient (Wildman–Crippen LogP) is 5.02. The maximum absolute atomic E-state index is 12.9. The first kappa shape index (κ1) is 22.1. The summed E-state index contributed by atoms with van der Waals surface area (Å²) in [4.78, 5) is 13.0. The molecular weight excluding hydrogens is 401 g/mol. The van der Waals surface area contributed by atoms with Gasteiger partial charge in [-0.05, 0) is 62.3 Å². The van der Waals surface area contributed by atoms with Crippen molar-refractivity contribution in [1.29, 1.82) is 0 Å². The summed E-state index contributed by atoms with van der Waals surface area (Å²) >= 11 is 0. The number of piperidine rings is 1. The first-order valence-electron chi connectivity index (χ1n) is 10.2. The van der Waals surface area contributed by atoms with E-state index in [9.17, 15) is 13.2 Å². The van der Waals surface area contributed by atoms with Gasteiger partial charge in [-0.2, -0.15) is 13.2 Å². The van der Waals surface area contributed by atoms with Gasteiger partial charge in [0.2, 0.25) is 0 Å². The zero-order valence-electron chi connectivity index (χ0n) is 16.7. The molecule has 0 aromatic carbocycles. The predicted molar refractivity (Wildman–Crippen MR) is 112 cm³/mol. The number of rotatable bonds is 6. The molecule has 2 aliphatic rings. The van der Waals surface area contributed by atoms with Gasteiger partial charge in [-0.1, -0.05) is 6.92 Å². The standard InChI is InChI=1S/C21H27F3N4.ClH/c1-2-27(13-15-3-4-15)14-16-8-11-28(12-9-16)20-17-5-6-19(21(22,23)24)26-18(17)7-10-25-20;/h5-7,10,15-16H,2-4,8-9,11-14H2,1H3;1H. The SMILES string of the molecule is CCN(CC1CC1)CC1CCN(c2nccc3nc(C(F)(F)F)ccc23)CC1.Cl. The highest BCUT2D eigenvalue weighted by Gasteiger charge is 2.33. The Balaban J connectivity index is 0.00000240. The summed E-state index contributed by atoms with van der Waals surface area (Å²) in [6, 6.07) is 4.11. The Labute approximate surface area is 175 Å². The molecule has 29 heavy (non-hydrogen) atoms. The number of anilines is 1. The van der Waals surface area contributed by atoms with Gasteiger partial charge in [0.05, 0.1) is 5.52 Å². The third-order valence-electron chi connectivity index (χ3n) is 5.98. The van der Waals surface area contributed by atoms with Crippen LogP contribution in [0.4, 0.5) is 19.0 Å². The monoisotopic (exact) mass is 428 g/mol. The van der Waals surface area contributed by atoms with Crippen molar-refractivity contribution in [2.45, 2.75) is 38.8 Å². The summed E-state index contributed by atoms with van der Waals surface area (Å²) in [6.45, 7) is 7.50. The summed E-state index contributed by atoms with van der Waals surface area (Å²) in [5.41, 5.74) is -0.505. The molecule has 0 amide bonds. The number of halogens is 4. The van der Waals surface area contributed by atoms with E-state index in [4.69, 9.17) is 0 Å². The topological polar surface area (TPSA) is 32.3 Å². The normalized spacial score (nSPS) is 18.3. The van der Waals surface area contributed by atoms with E-state index in [-0.39, 0.29) is 12.4 Å². The van der Waals surface area contributed by atoms with Crippen molar-refractivity contribution in [1.82, 2.24) is 14.9 Å². The van der Waals surface area contributed by atoms with Crippen molar-refractivity contribution < 1.29 is 13.2 Å². The lowest BCUT2D eigenvalue weighted by Crippen LogP contribution is -2.39. The van der Waals surface area contributed by atoms with Gasteiger partial charge in [-0.3, -0.25) is 0 Å². The second kappa shape index (κ2) is 9.04. The van der Waals surface area contributed by atoms with Crippen molar-refractivity contribution in [3.63, 3.8) is 0 Å². The Morgan fingerprint density at radius 3 is 2.28 bits per heavy atom. The summed E-state index contributed by atoms with van der Waals surface area (Å²) < 4.78 is 38.8. The first-order chi connectivity index (χ1) is 13.4. The minimum Gasteiger partial charge on any atom is -0.356 e. The van der Waals surface area contributed by atoms with Crippen molar-refractivity contribution in [2.75, 3.05) is 37.6 Å². The van der Waals surface area contributed by atoms with Gasteiger partial charge in [0, 0.05) is 37.8 Å². The Hall–Kier alpha value is -1.60. The van der Waals surface area contributed by atoms with Crippen LogP contribution in [0.3, 0.4) is 0 Å². The molecule has 1 saturated heterocycles. The smallest absolute Gasteiger partial charge is 0.356 e. The van der Waals surface area contributed by atoms with Crippen LogP contribution in [0.2, 0.25) is 0 Å². The zero-order valence-corrected chi connectivity index (χ0v) is 17.5. The molecule has 0 radical (unpaired) electrons. The number of hydrogen-bond donors (Lipinski definition) is 0. The maximum atomic E-state index is 12.9. The second-order valence-electron chi connectivity index (χ2n) is 8.12. The molecule has 0 unspecified atom stereocenters. The minimum absolute atomic E-state index is 0. The molecule has 2 fully saturated rings. The van der Waals surface area contributed by atoms with Gasteiger partial charge in [0.1, 0.15) is 11.5 Å². The van der Waals surface area contributed by atoms with Crippen molar-refractivity contribution >= 4 is 29.1 Å². The lowest BCUT2D eigenvalue weighted by atomic mass is 9.95. The number of pyridine rings is 2. The third-order valence-corrected chi connectivity index (χ3v) is 5.98. The summed E-state index contributed by atoms with van der Waals surface area (Å²) in [6.07, 6.45) is 2.07. The van der Waals surface area contributed by atoms with E-state index in [1.807, 2.05) is 0 Å². The van der Waals surface area contributed by atoms with Crippen LogP contribution in [0.15, 0.2) is 24.4 Å². The zero-order chi connectivity index (χ0) is 19.7. The lowest BCUT2D eigenvalue weighted by molar-refractivity contribution is -0.140. The van der Waals surface area contributed by atoms with Crippen LogP contribution in [0.5, 0.6) is 0 Å². The second-order valence-corrected chi connectivity index (χ2v) is 8.12. The molecule has 160 valence electrons. The molecule has 1 aliphatic heterocycles. The fourth-order valence-electron chi connectivity index (χ4n) is 4.14. The van der Waals surface area contributed by atoms with E-state index in [1.54, 1.807) is 12.3 Å². The van der Waals surface area contributed by atoms with E-state index in [0.717, 1.165) is 56.8 Å². The maximum Gasteiger partial charge on any atom is 0.433 e. The lowest BCUT2D eigenvalue weighted by Gasteiger charge is -2.35. The highest BCUT2D eigenvalue weighted by atomic mass is 35.5. The highest BCUT2D eigenvalue weighted by molar-refractivity contribution is 5.89.